The summed E-state index contributed by atoms with van der Waals surface area (Å²) in [5, 5.41) is 3.46. The number of likely N-dealkylation sites (N-methyl/N-ethyl adjacent to an activating group) is 1. The third kappa shape index (κ3) is 1.63. The van der Waals surface area contributed by atoms with Gasteiger partial charge in [0.25, 0.3) is 0 Å². The first-order valence-corrected chi connectivity index (χ1v) is 6.43. The second-order valence-electron chi connectivity index (χ2n) is 5.30. The molecule has 1 saturated carbocycles. The Balaban J connectivity index is 1.90. The van der Waals surface area contributed by atoms with Crippen molar-refractivity contribution in [3.05, 3.63) is 35.6 Å². The molecule has 18 heavy (non-hydrogen) atoms. The number of benzene rings is 1. The molecule has 2 fully saturated rings. The molecule has 96 valence electrons. The summed E-state index contributed by atoms with van der Waals surface area (Å²) in [4.78, 5) is 14.1. The number of nitrogens with one attached hydrogen (secondary N) is 1. The molecule has 2 aliphatic rings. The molecule has 1 aromatic carbocycles. The minimum Gasteiger partial charge on any atom is -0.324 e. The van der Waals surface area contributed by atoms with E-state index in [1.807, 2.05) is 7.05 Å². The van der Waals surface area contributed by atoms with Crippen molar-refractivity contribution in [1.29, 1.82) is 0 Å². The zero-order chi connectivity index (χ0) is 12.8. The van der Waals surface area contributed by atoms with Gasteiger partial charge >= 0.3 is 0 Å². The quantitative estimate of drug-likeness (QED) is 0.826. The van der Waals surface area contributed by atoms with Crippen molar-refractivity contribution >= 4 is 5.91 Å². The largest absolute Gasteiger partial charge is 0.324 e. The third-order valence-electron chi connectivity index (χ3n) is 4.17. The van der Waals surface area contributed by atoms with Crippen molar-refractivity contribution in [2.45, 2.75) is 37.4 Å². The molecule has 1 aromatic rings. The predicted molar refractivity (Wildman–Crippen MR) is 66.2 cm³/mol. The molecule has 0 radical (unpaired) electrons. The van der Waals surface area contributed by atoms with Crippen LogP contribution < -0.4 is 5.32 Å². The molecular formula is C14H17FN2O. The standard InChI is InChI=1S/C14H17FN2O/c1-17-12(10-4-6-11(15)7-5-10)16-14(13(17)18)8-2-3-9-14/h4-7,12,16H,2-3,8-9H2,1H3/t12-/m0/s1. The van der Waals surface area contributed by atoms with Crippen molar-refractivity contribution in [3.8, 4) is 0 Å². The maximum atomic E-state index is 12.9. The third-order valence-corrected chi connectivity index (χ3v) is 4.17. The molecule has 3 rings (SSSR count). The number of carbonyl (C=O) groups excluding carboxylic acids is 1. The SMILES string of the molecule is CN1C(=O)C2(CCCC2)N[C@@H]1c1ccc(F)cc1. The van der Waals surface area contributed by atoms with Gasteiger partial charge in [0, 0.05) is 7.05 Å². The zero-order valence-corrected chi connectivity index (χ0v) is 10.4. The fourth-order valence-electron chi connectivity index (χ4n) is 3.16. The average molecular weight is 248 g/mol. The number of hydrogen-bond donors (Lipinski definition) is 1. The van der Waals surface area contributed by atoms with Crippen LogP contribution in [0.15, 0.2) is 24.3 Å². The van der Waals surface area contributed by atoms with Crippen molar-refractivity contribution in [2.75, 3.05) is 7.05 Å². The molecule has 1 aliphatic heterocycles. The van der Waals surface area contributed by atoms with Crippen molar-refractivity contribution < 1.29 is 9.18 Å². The Bertz CT molecular complexity index is 465. The van der Waals surface area contributed by atoms with E-state index >= 15 is 0 Å². The summed E-state index contributed by atoms with van der Waals surface area (Å²) in [6.07, 6.45) is 3.89. The first-order chi connectivity index (χ1) is 8.62. The van der Waals surface area contributed by atoms with E-state index < -0.39 is 0 Å². The minimum absolute atomic E-state index is 0.129. The lowest BCUT2D eigenvalue weighted by Gasteiger charge is -2.20. The zero-order valence-electron chi connectivity index (χ0n) is 10.4. The van der Waals surface area contributed by atoms with Gasteiger partial charge in [0.15, 0.2) is 0 Å². The van der Waals surface area contributed by atoms with Crippen LogP contribution in [0.5, 0.6) is 0 Å². The normalized spacial score (nSPS) is 26.2. The number of halogens is 1. The van der Waals surface area contributed by atoms with Crippen LogP contribution in [0.25, 0.3) is 0 Å². The molecule has 1 heterocycles. The maximum absolute atomic E-state index is 12.9. The summed E-state index contributed by atoms with van der Waals surface area (Å²) in [7, 11) is 1.82. The molecule has 1 N–H and O–H groups in total. The summed E-state index contributed by atoms with van der Waals surface area (Å²) >= 11 is 0. The molecule has 0 unspecified atom stereocenters. The average Bonchev–Trinajstić information content (AvgIpc) is 2.93. The number of carbonyl (C=O) groups is 1. The number of hydrogen-bond acceptors (Lipinski definition) is 2. The Labute approximate surface area is 106 Å². The highest BCUT2D eigenvalue weighted by molar-refractivity contribution is 5.89. The first kappa shape index (κ1) is 11.7. The topological polar surface area (TPSA) is 32.3 Å². The van der Waals surface area contributed by atoms with Crippen LogP contribution in [0.4, 0.5) is 4.39 Å². The van der Waals surface area contributed by atoms with Crippen LogP contribution in [-0.2, 0) is 4.79 Å². The van der Waals surface area contributed by atoms with Crippen molar-refractivity contribution in [2.24, 2.45) is 0 Å². The molecule has 1 spiro atoms. The molecule has 1 atom stereocenters. The molecule has 1 saturated heterocycles. The Hall–Kier alpha value is -1.42. The van der Waals surface area contributed by atoms with Crippen LogP contribution in [0.2, 0.25) is 0 Å². The fraction of sp³-hybridized carbons (Fsp3) is 0.500. The summed E-state index contributed by atoms with van der Waals surface area (Å²) in [5.74, 6) is -0.0735. The van der Waals surface area contributed by atoms with Crippen molar-refractivity contribution in [1.82, 2.24) is 10.2 Å². The molecular weight excluding hydrogens is 231 g/mol. The summed E-state index contributed by atoms with van der Waals surface area (Å²) in [6.45, 7) is 0. The summed E-state index contributed by atoms with van der Waals surface area (Å²) < 4.78 is 12.9. The van der Waals surface area contributed by atoms with Gasteiger partial charge in [0.2, 0.25) is 5.91 Å². The van der Waals surface area contributed by atoms with Gasteiger partial charge in [-0.05, 0) is 30.5 Å². The van der Waals surface area contributed by atoms with E-state index in [0.717, 1.165) is 31.2 Å². The Morgan fingerprint density at radius 1 is 1.28 bits per heavy atom. The van der Waals surface area contributed by atoms with Crippen LogP contribution in [-0.4, -0.2) is 23.4 Å². The van der Waals surface area contributed by atoms with E-state index in [1.54, 1.807) is 17.0 Å². The summed E-state index contributed by atoms with van der Waals surface area (Å²) in [6, 6.07) is 6.36. The van der Waals surface area contributed by atoms with Gasteiger partial charge < -0.3 is 4.90 Å². The van der Waals surface area contributed by atoms with Crippen LogP contribution in [0.3, 0.4) is 0 Å². The van der Waals surface area contributed by atoms with E-state index in [2.05, 4.69) is 5.32 Å². The Morgan fingerprint density at radius 3 is 2.50 bits per heavy atom. The summed E-state index contributed by atoms with van der Waals surface area (Å²) in [5.41, 5.74) is 0.574. The van der Waals surface area contributed by atoms with E-state index in [1.165, 1.54) is 12.1 Å². The van der Waals surface area contributed by atoms with Crippen LogP contribution in [0.1, 0.15) is 37.4 Å². The van der Waals surface area contributed by atoms with Gasteiger partial charge in [-0.2, -0.15) is 0 Å². The van der Waals surface area contributed by atoms with Gasteiger partial charge in [0.05, 0.1) is 5.54 Å². The first-order valence-electron chi connectivity index (χ1n) is 6.43. The van der Waals surface area contributed by atoms with E-state index in [9.17, 15) is 9.18 Å². The molecule has 1 aliphatic carbocycles. The molecule has 1 amide bonds. The highest BCUT2D eigenvalue weighted by Gasteiger charge is 2.51. The monoisotopic (exact) mass is 248 g/mol. The number of rotatable bonds is 1. The lowest BCUT2D eigenvalue weighted by molar-refractivity contribution is -0.132. The smallest absolute Gasteiger partial charge is 0.244 e. The van der Waals surface area contributed by atoms with E-state index in [0.29, 0.717) is 0 Å². The molecule has 0 bridgehead atoms. The van der Waals surface area contributed by atoms with Gasteiger partial charge in [-0.1, -0.05) is 25.0 Å². The number of amides is 1. The van der Waals surface area contributed by atoms with Gasteiger partial charge in [-0.15, -0.1) is 0 Å². The van der Waals surface area contributed by atoms with Crippen LogP contribution >= 0.6 is 0 Å². The second kappa shape index (κ2) is 4.05. The lowest BCUT2D eigenvalue weighted by Crippen LogP contribution is -2.43. The molecule has 3 nitrogen and oxygen atoms in total. The predicted octanol–water partition coefficient (Wildman–Crippen LogP) is 2.20. The highest BCUT2D eigenvalue weighted by atomic mass is 19.1. The fourth-order valence-corrected chi connectivity index (χ4v) is 3.16. The van der Waals surface area contributed by atoms with Crippen LogP contribution in [0, 0.1) is 5.82 Å². The van der Waals surface area contributed by atoms with Gasteiger partial charge in [0.1, 0.15) is 12.0 Å². The number of nitrogens with zero attached hydrogens (tertiary/aromatic N) is 1. The minimum atomic E-state index is -0.367. The van der Waals surface area contributed by atoms with E-state index in [4.69, 9.17) is 0 Å². The van der Waals surface area contributed by atoms with Gasteiger partial charge in [-0.25, -0.2) is 4.39 Å². The highest BCUT2D eigenvalue weighted by Crippen LogP contribution is 2.39. The molecule has 0 aromatic heterocycles. The lowest BCUT2D eigenvalue weighted by atomic mass is 9.98. The molecule has 4 heteroatoms. The van der Waals surface area contributed by atoms with E-state index in [-0.39, 0.29) is 23.4 Å². The van der Waals surface area contributed by atoms with Gasteiger partial charge in [-0.3, -0.25) is 10.1 Å². The maximum Gasteiger partial charge on any atom is 0.244 e. The second-order valence-corrected chi connectivity index (χ2v) is 5.30. The Kier molecular flexibility index (Phi) is 2.63. The van der Waals surface area contributed by atoms with Crippen molar-refractivity contribution in [3.63, 3.8) is 0 Å². The Morgan fingerprint density at radius 2 is 1.89 bits per heavy atom.